The lowest BCUT2D eigenvalue weighted by atomic mass is 9.90. The zero-order valence-electron chi connectivity index (χ0n) is 9.89. The summed E-state index contributed by atoms with van der Waals surface area (Å²) in [5, 5.41) is 3.27. The lowest BCUT2D eigenvalue weighted by Gasteiger charge is -2.24. The van der Waals surface area contributed by atoms with Gasteiger partial charge in [-0.3, -0.25) is 0 Å². The Morgan fingerprint density at radius 3 is 2.62 bits per heavy atom. The molecule has 0 aliphatic carbocycles. The van der Waals surface area contributed by atoms with E-state index in [4.69, 9.17) is 11.6 Å². The first kappa shape index (κ1) is 13.5. The van der Waals surface area contributed by atoms with Crippen molar-refractivity contribution in [3.8, 4) is 0 Å². The number of alkyl halides is 1. The van der Waals surface area contributed by atoms with E-state index in [1.165, 1.54) is 6.07 Å². The first-order chi connectivity index (χ1) is 7.55. The number of hydrogen-bond donors (Lipinski definition) is 1. The monoisotopic (exact) mass is 243 g/mol. The fourth-order valence-corrected chi connectivity index (χ4v) is 2.03. The van der Waals surface area contributed by atoms with E-state index >= 15 is 0 Å². The second-order valence-electron chi connectivity index (χ2n) is 4.80. The molecule has 0 aliphatic rings. The summed E-state index contributed by atoms with van der Waals surface area (Å²) in [6.07, 6.45) is 0.957. The standard InChI is InChI=1S/C13H19ClFN/c1-13(2,7-8-14)10-16-9-11-5-3-4-6-12(11)15/h3-6,16H,7-10H2,1-2H3. The minimum Gasteiger partial charge on any atom is -0.312 e. The van der Waals surface area contributed by atoms with Crippen LogP contribution < -0.4 is 5.32 Å². The quantitative estimate of drug-likeness (QED) is 0.754. The van der Waals surface area contributed by atoms with Crippen LogP contribution in [0.2, 0.25) is 0 Å². The van der Waals surface area contributed by atoms with Crippen molar-refractivity contribution in [2.75, 3.05) is 12.4 Å². The SMILES string of the molecule is CC(C)(CCCl)CNCc1ccccc1F. The van der Waals surface area contributed by atoms with E-state index in [0.29, 0.717) is 18.0 Å². The number of benzene rings is 1. The third-order valence-electron chi connectivity index (χ3n) is 2.65. The van der Waals surface area contributed by atoms with Crippen LogP contribution in [0.3, 0.4) is 0 Å². The van der Waals surface area contributed by atoms with E-state index in [0.717, 1.165) is 13.0 Å². The number of hydrogen-bond acceptors (Lipinski definition) is 1. The van der Waals surface area contributed by atoms with Crippen molar-refractivity contribution in [1.82, 2.24) is 5.32 Å². The molecular weight excluding hydrogens is 225 g/mol. The molecule has 1 nitrogen and oxygen atoms in total. The molecule has 0 fully saturated rings. The highest BCUT2D eigenvalue weighted by Crippen LogP contribution is 2.19. The second-order valence-corrected chi connectivity index (χ2v) is 5.18. The van der Waals surface area contributed by atoms with Gasteiger partial charge in [0.05, 0.1) is 0 Å². The van der Waals surface area contributed by atoms with Crippen LogP contribution in [0.1, 0.15) is 25.8 Å². The largest absolute Gasteiger partial charge is 0.312 e. The molecule has 0 aliphatic heterocycles. The van der Waals surface area contributed by atoms with Crippen LogP contribution in [0.25, 0.3) is 0 Å². The van der Waals surface area contributed by atoms with E-state index in [1.54, 1.807) is 12.1 Å². The summed E-state index contributed by atoms with van der Waals surface area (Å²) >= 11 is 5.72. The summed E-state index contributed by atoms with van der Waals surface area (Å²) in [5.74, 6) is 0.513. The molecule has 0 aromatic heterocycles. The van der Waals surface area contributed by atoms with E-state index in [-0.39, 0.29) is 11.2 Å². The molecule has 0 radical (unpaired) electrons. The molecule has 90 valence electrons. The summed E-state index contributed by atoms with van der Waals surface area (Å²) in [6.45, 7) is 5.72. The molecular formula is C13H19ClFN. The third-order valence-corrected chi connectivity index (χ3v) is 2.84. The maximum absolute atomic E-state index is 13.3. The van der Waals surface area contributed by atoms with Gasteiger partial charge in [0.25, 0.3) is 0 Å². The first-order valence-corrected chi connectivity index (χ1v) is 6.09. The molecule has 0 heterocycles. The Hall–Kier alpha value is -0.600. The summed E-state index contributed by atoms with van der Waals surface area (Å²) < 4.78 is 13.3. The van der Waals surface area contributed by atoms with Gasteiger partial charge in [-0.25, -0.2) is 4.39 Å². The Labute approximate surface area is 102 Å². The van der Waals surface area contributed by atoms with Crippen LogP contribution in [0.5, 0.6) is 0 Å². The zero-order chi connectivity index (χ0) is 12.0. The fraction of sp³-hybridized carbons (Fsp3) is 0.538. The summed E-state index contributed by atoms with van der Waals surface area (Å²) in [6, 6.07) is 6.85. The predicted molar refractivity (Wildman–Crippen MR) is 67.2 cm³/mol. The van der Waals surface area contributed by atoms with Crippen LogP contribution in [0.4, 0.5) is 4.39 Å². The molecule has 16 heavy (non-hydrogen) atoms. The van der Waals surface area contributed by atoms with Crippen molar-refractivity contribution in [2.24, 2.45) is 5.41 Å². The van der Waals surface area contributed by atoms with Gasteiger partial charge in [-0.15, -0.1) is 11.6 Å². The van der Waals surface area contributed by atoms with E-state index in [1.807, 2.05) is 6.07 Å². The van der Waals surface area contributed by atoms with Gasteiger partial charge >= 0.3 is 0 Å². The summed E-state index contributed by atoms with van der Waals surface area (Å²) in [7, 11) is 0. The van der Waals surface area contributed by atoms with Gasteiger partial charge in [-0.1, -0.05) is 32.0 Å². The first-order valence-electron chi connectivity index (χ1n) is 5.55. The number of rotatable bonds is 6. The second kappa shape index (κ2) is 6.21. The predicted octanol–water partition coefficient (Wildman–Crippen LogP) is 3.57. The van der Waals surface area contributed by atoms with E-state index in [2.05, 4.69) is 19.2 Å². The normalized spacial score (nSPS) is 11.8. The molecule has 0 amide bonds. The summed E-state index contributed by atoms with van der Waals surface area (Å²) in [5.41, 5.74) is 0.872. The van der Waals surface area contributed by atoms with Gasteiger partial charge in [-0.2, -0.15) is 0 Å². The highest BCUT2D eigenvalue weighted by atomic mass is 35.5. The van der Waals surface area contributed by atoms with Crippen LogP contribution in [0.15, 0.2) is 24.3 Å². The van der Waals surface area contributed by atoms with Crippen LogP contribution in [-0.2, 0) is 6.54 Å². The minimum atomic E-state index is -0.148. The Kier molecular flexibility index (Phi) is 5.23. The molecule has 0 unspecified atom stereocenters. The van der Waals surface area contributed by atoms with Crippen LogP contribution >= 0.6 is 11.6 Å². The fourth-order valence-electron chi connectivity index (χ4n) is 1.52. The Bertz CT molecular complexity index is 325. The molecule has 0 saturated carbocycles. The van der Waals surface area contributed by atoms with E-state index < -0.39 is 0 Å². The van der Waals surface area contributed by atoms with Crippen molar-refractivity contribution in [3.05, 3.63) is 35.6 Å². The number of halogens is 2. The van der Waals surface area contributed by atoms with Crippen molar-refractivity contribution >= 4 is 11.6 Å². The molecule has 1 aromatic rings. The molecule has 0 bridgehead atoms. The van der Waals surface area contributed by atoms with Crippen molar-refractivity contribution in [1.29, 1.82) is 0 Å². The Morgan fingerprint density at radius 1 is 1.31 bits per heavy atom. The molecule has 0 spiro atoms. The van der Waals surface area contributed by atoms with Gasteiger partial charge < -0.3 is 5.32 Å². The highest BCUT2D eigenvalue weighted by molar-refractivity contribution is 6.17. The Balaban J connectivity index is 2.39. The lowest BCUT2D eigenvalue weighted by molar-refractivity contribution is 0.328. The van der Waals surface area contributed by atoms with Gasteiger partial charge in [0.2, 0.25) is 0 Å². The third kappa shape index (κ3) is 4.50. The topological polar surface area (TPSA) is 12.0 Å². The van der Waals surface area contributed by atoms with Crippen LogP contribution in [0, 0.1) is 11.2 Å². The van der Waals surface area contributed by atoms with Gasteiger partial charge in [0, 0.05) is 24.5 Å². The van der Waals surface area contributed by atoms with Gasteiger partial charge in [0.1, 0.15) is 5.82 Å². The molecule has 1 rings (SSSR count). The van der Waals surface area contributed by atoms with E-state index in [9.17, 15) is 4.39 Å². The van der Waals surface area contributed by atoms with Crippen molar-refractivity contribution in [2.45, 2.75) is 26.8 Å². The molecule has 0 atom stereocenters. The maximum atomic E-state index is 13.3. The zero-order valence-corrected chi connectivity index (χ0v) is 10.6. The maximum Gasteiger partial charge on any atom is 0.127 e. The summed E-state index contributed by atoms with van der Waals surface area (Å²) in [4.78, 5) is 0. The van der Waals surface area contributed by atoms with Gasteiger partial charge in [0.15, 0.2) is 0 Å². The van der Waals surface area contributed by atoms with Gasteiger partial charge in [-0.05, 0) is 17.9 Å². The molecule has 0 saturated heterocycles. The lowest BCUT2D eigenvalue weighted by Crippen LogP contribution is -2.29. The molecule has 3 heteroatoms. The smallest absolute Gasteiger partial charge is 0.127 e. The number of nitrogens with one attached hydrogen (secondary N) is 1. The van der Waals surface area contributed by atoms with Crippen molar-refractivity contribution < 1.29 is 4.39 Å². The highest BCUT2D eigenvalue weighted by Gasteiger charge is 2.16. The minimum absolute atomic E-state index is 0.148. The average molecular weight is 244 g/mol. The van der Waals surface area contributed by atoms with Crippen molar-refractivity contribution in [3.63, 3.8) is 0 Å². The average Bonchev–Trinajstić information content (AvgIpc) is 2.20. The molecule has 1 aromatic carbocycles. The van der Waals surface area contributed by atoms with Crippen LogP contribution in [-0.4, -0.2) is 12.4 Å². The Morgan fingerprint density at radius 2 is 2.00 bits per heavy atom. The molecule has 1 N–H and O–H groups in total.